The van der Waals surface area contributed by atoms with Crippen molar-refractivity contribution in [2.24, 2.45) is 0 Å². The van der Waals surface area contributed by atoms with Crippen molar-refractivity contribution in [3.05, 3.63) is 35.5 Å². The maximum absolute atomic E-state index is 13.3. The Kier molecular flexibility index (Phi) is 9.79. The van der Waals surface area contributed by atoms with Gasteiger partial charge in [-0.15, -0.1) is 0 Å². The molecule has 1 aromatic carbocycles. The zero-order valence-electron chi connectivity index (χ0n) is 18.3. The summed E-state index contributed by atoms with van der Waals surface area (Å²) in [6.45, 7) is 5.12. The third kappa shape index (κ3) is 5.81. The Labute approximate surface area is 178 Å². The van der Waals surface area contributed by atoms with E-state index in [-0.39, 0.29) is 11.8 Å². The van der Waals surface area contributed by atoms with Crippen LogP contribution in [0, 0.1) is 0 Å². The van der Waals surface area contributed by atoms with Crippen molar-refractivity contribution >= 4 is 17.4 Å². The molecule has 2 rings (SSSR count). The zero-order chi connectivity index (χ0) is 21.9. The molecule has 30 heavy (non-hydrogen) atoms. The second kappa shape index (κ2) is 12.3. The second-order valence-corrected chi connectivity index (χ2v) is 6.74. The molecular formula is C22H32N2O6. The topological polar surface area (TPSA) is 77.5 Å². The molecule has 166 valence electrons. The summed E-state index contributed by atoms with van der Waals surface area (Å²) < 4.78 is 21.0. The van der Waals surface area contributed by atoms with Crippen LogP contribution in [0.4, 0.5) is 0 Å². The van der Waals surface area contributed by atoms with E-state index in [4.69, 9.17) is 18.9 Å². The SMILES string of the molecule is CCOCCCN1C(=O)C(c2ccc(OC)cc2)=C(N(CCOC)CCOC)C1=O. The minimum Gasteiger partial charge on any atom is -0.497 e. The minimum absolute atomic E-state index is 0.295. The van der Waals surface area contributed by atoms with Gasteiger partial charge in [0.15, 0.2) is 0 Å². The van der Waals surface area contributed by atoms with E-state index >= 15 is 0 Å². The molecule has 0 bridgehead atoms. The number of methoxy groups -OCH3 is 3. The number of amides is 2. The Morgan fingerprint density at radius 3 is 2.07 bits per heavy atom. The Morgan fingerprint density at radius 1 is 0.900 bits per heavy atom. The van der Waals surface area contributed by atoms with Gasteiger partial charge in [-0.2, -0.15) is 0 Å². The average Bonchev–Trinajstić information content (AvgIpc) is 3.01. The highest BCUT2D eigenvalue weighted by Gasteiger charge is 2.41. The molecule has 1 aliphatic heterocycles. The monoisotopic (exact) mass is 420 g/mol. The highest BCUT2D eigenvalue weighted by atomic mass is 16.5. The Balaban J connectivity index is 2.41. The normalized spacial score (nSPS) is 14.1. The van der Waals surface area contributed by atoms with E-state index in [1.165, 1.54) is 4.90 Å². The van der Waals surface area contributed by atoms with Crippen LogP contribution >= 0.6 is 0 Å². The molecule has 0 aliphatic carbocycles. The summed E-state index contributed by atoms with van der Waals surface area (Å²) in [6, 6.07) is 7.16. The number of benzene rings is 1. The van der Waals surface area contributed by atoms with Crippen molar-refractivity contribution < 1.29 is 28.5 Å². The minimum atomic E-state index is -0.297. The number of imide groups is 1. The molecule has 0 fully saturated rings. The number of ether oxygens (including phenoxy) is 4. The highest BCUT2D eigenvalue weighted by Crippen LogP contribution is 2.32. The van der Waals surface area contributed by atoms with Crippen LogP contribution in [0.2, 0.25) is 0 Å². The number of nitrogens with zero attached hydrogens (tertiary/aromatic N) is 2. The first kappa shape index (κ1) is 23.9. The summed E-state index contributed by atoms with van der Waals surface area (Å²) in [7, 11) is 4.80. The van der Waals surface area contributed by atoms with Crippen LogP contribution in [-0.4, -0.2) is 89.0 Å². The molecular weight excluding hydrogens is 388 g/mol. The number of rotatable bonds is 14. The molecule has 0 aromatic heterocycles. The van der Waals surface area contributed by atoms with E-state index in [2.05, 4.69) is 0 Å². The molecule has 0 saturated heterocycles. The molecule has 0 spiro atoms. The van der Waals surface area contributed by atoms with Crippen molar-refractivity contribution in [2.75, 3.05) is 67.4 Å². The van der Waals surface area contributed by atoms with E-state index in [0.29, 0.717) is 75.1 Å². The van der Waals surface area contributed by atoms with Crippen LogP contribution < -0.4 is 4.74 Å². The smallest absolute Gasteiger partial charge is 0.277 e. The largest absolute Gasteiger partial charge is 0.497 e. The van der Waals surface area contributed by atoms with E-state index in [1.807, 2.05) is 11.8 Å². The maximum atomic E-state index is 13.3. The lowest BCUT2D eigenvalue weighted by molar-refractivity contribution is -0.137. The summed E-state index contributed by atoms with van der Waals surface area (Å²) in [5.74, 6) is 0.0906. The molecule has 0 N–H and O–H groups in total. The molecule has 0 radical (unpaired) electrons. The molecule has 1 heterocycles. The van der Waals surface area contributed by atoms with Gasteiger partial charge in [0, 0.05) is 47.1 Å². The molecule has 0 saturated carbocycles. The number of carbonyl (C=O) groups excluding carboxylic acids is 2. The summed E-state index contributed by atoms with van der Waals surface area (Å²) >= 11 is 0. The Bertz CT molecular complexity index is 724. The third-order valence-electron chi connectivity index (χ3n) is 4.84. The first-order valence-electron chi connectivity index (χ1n) is 10.1. The fourth-order valence-corrected chi connectivity index (χ4v) is 3.29. The van der Waals surface area contributed by atoms with Gasteiger partial charge in [0.1, 0.15) is 11.4 Å². The third-order valence-corrected chi connectivity index (χ3v) is 4.84. The predicted molar refractivity (Wildman–Crippen MR) is 113 cm³/mol. The van der Waals surface area contributed by atoms with Crippen molar-refractivity contribution in [3.8, 4) is 5.75 Å². The van der Waals surface area contributed by atoms with E-state index in [9.17, 15) is 9.59 Å². The standard InChI is InChI=1S/C22H32N2O6/c1-5-30-14-6-11-24-21(25)19(17-7-9-18(29-4)10-8-17)20(22(24)26)23(12-15-27-2)13-16-28-3/h7-10H,5-6,11-16H2,1-4H3. The molecule has 8 nitrogen and oxygen atoms in total. The van der Waals surface area contributed by atoms with Gasteiger partial charge in [-0.3, -0.25) is 14.5 Å². The predicted octanol–water partition coefficient (Wildman–Crippen LogP) is 1.80. The van der Waals surface area contributed by atoms with E-state index in [0.717, 1.165) is 0 Å². The second-order valence-electron chi connectivity index (χ2n) is 6.74. The van der Waals surface area contributed by atoms with Crippen molar-refractivity contribution in [3.63, 3.8) is 0 Å². The average molecular weight is 421 g/mol. The van der Waals surface area contributed by atoms with Gasteiger partial charge in [0.2, 0.25) is 0 Å². The van der Waals surface area contributed by atoms with Crippen molar-refractivity contribution in [2.45, 2.75) is 13.3 Å². The molecule has 2 amide bonds. The molecule has 0 unspecified atom stereocenters. The summed E-state index contributed by atoms with van der Waals surface area (Å²) in [5.41, 5.74) is 1.46. The van der Waals surface area contributed by atoms with Gasteiger partial charge >= 0.3 is 0 Å². The summed E-state index contributed by atoms with van der Waals surface area (Å²) in [5, 5.41) is 0. The van der Waals surface area contributed by atoms with Gasteiger partial charge in [-0.25, -0.2) is 0 Å². The van der Waals surface area contributed by atoms with Crippen molar-refractivity contribution in [1.29, 1.82) is 0 Å². The van der Waals surface area contributed by atoms with Gasteiger partial charge in [0.25, 0.3) is 11.8 Å². The quantitative estimate of drug-likeness (QED) is 0.335. The fraction of sp³-hybridized carbons (Fsp3) is 0.545. The molecule has 8 heteroatoms. The van der Waals surface area contributed by atoms with E-state index in [1.54, 1.807) is 45.6 Å². The van der Waals surface area contributed by atoms with Crippen LogP contribution in [0.5, 0.6) is 5.75 Å². The number of hydrogen-bond donors (Lipinski definition) is 0. The molecule has 0 atom stereocenters. The lowest BCUT2D eigenvalue weighted by Crippen LogP contribution is -2.38. The van der Waals surface area contributed by atoms with Crippen LogP contribution in [0.3, 0.4) is 0 Å². The first-order valence-corrected chi connectivity index (χ1v) is 10.1. The highest BCUT2D eigenvalue weighted by molar-refractivity contribution is 6.35. The molecule has 1 aromatic rings. The van der Waals surface area contributed by atoms with Crippen LogP contribution in [0.1, 0.15) is 18.9 Å². The van der Waals surface area contributed by atoms with Crippen molar-refractivity contribution in [1.82, 2.24) is 9.80 Å². The number of hydrogen-bond acceptors (Lipinski definition) is 7. The van der Waals surface area contributed by atoms with Crippen LogP contribution in [0.25, 0.3) is 5.57 Å². The van der Waals surface area contributed by atoms with Gasteiger partial charge < -0.3 is 23.8 Å². The Hall–Kier alpha value is -2.42. The van der Waals surface area contributed by atoms with Gasteiger partial charge in [-0.1, -0.05) is 12.1 Å². The lowest BCUT2D eigenvalue weighted by Gasteiger charge is -2.25. The van der Waals surface area contributed by atoms with Gasteiger partial charge in [-0.05, 0) is 31.0 Å². The fourth-order valence-electron chi connectivity index (χ4n) is 3.29. The number of carbonyl (C=O) groups is 2. The summed E-state index contributed by atoms with van der Waals surface area (Å²) in [6.07, 6.45) is 0.588. The maximum Gasteiger partial charge on any atom is 0.277 e. The molecule has 1 aliphatic rings. The van der Waals surface area contributed by atoms with Crippen LogP contribution in [0.15, 0.2) is 30.0 Å². The lowest BCUT2D eigenvalue weighted by atomic mass is 10.0. The zero-order valence-corrected chi connectivity index (χ0v) is 18.3. The van der Waals surface area contributed by atoms with Gasteiger partial charge in [0.05, 0.1) is 25.9 Å². The summed E-state index contributed by atoms with van der Waals surface area (Å²) in [4.78, 5) is 29.8. The Morgan fingerprint density at radius 2 is 1.53 bits per heavy atom. The van der Waals surface area contributed by atoms with E-state index < -0.39 is 0 Å². The van der Waals surface area contributed by atoms with Crippen LogP contribution in [-0.2, 0) is 23.8 Å². The first-order chi connectivity index (χ1) is 14.6.